The number of benzene rings is 2. The molecule has 2 rings (SSSR count). The van der Waals surface area contributed by atoms with Gasteiger partial charge in [0.15, 0.2) is 6.10 Å². The van der Waals surface area contributed by atoms with Crippen molar-refractivity contribution in [2.75, 3.05) is 32.7 Å². The van der Waals surface area contributed by atoms with Crippen LogP contribution in [-0.4, -0.2) is 61.9 Å². The Bertz CT molecular complexity index is 908. The minimum Gasteiger partial charge on any atom is -0.491 e. The molecule has 0 bridgehead atoms. The van der Waals surface area contributed by atoms with Crippen LogP contribution in [0.5, 0.6) is 5.75 Å². The van der Waals surface area contributed by atoms with Crippen molar-refractivity contribution in [1.29, 1.82) is 0 Å². The molecule has 2 N–H and O–H groups in total. The van der Waals surface area contributed by atoms with Crippen molar-refractivity contribution in [2.45, 2.75) is 18.6 Å². The van der Waals surface area contributed by atoms with E-state index in [0.717, 1.165) is 0 Å². The van der Waals surface area contributed by atoms with Crippen LogP contribution in [0.4, 0.5) is 4.79 Å². The lowest BCUT2D eigenvalue weighted by atomic mass is 10.0. The summed E-state index contributed by atoms with van der Waals surface area (Å²) < 4.78 is 21.8. The number of nitrogens with one attached hydrogen (secondary N) is 1. The fourth-order valence-electron chi connectivity index (χ4n) is 2.97. The number of ether oxygens (including phenoxy) is 4. The standard InChI is InChI=1S/C23H27NO8S/c1-29-19(11-13-31-20(26)15-33)21(17-9-5-6-10-18(17)30-14-12-25)32-23(28)24-22(27)16-7-3-2-4-8-16/h2-10,19,21,25,33H,11-15H2,1H3,(H,24,27,28)/t19-,21-/m0/s1. The average Bonchev–Trinajstić information content (AvgIpc) is 2.84. The van der Waals surface area contributed by atoms with E-state index in [1.807, 2.05) is 0 Å². The molecule has 0 aromatic heterocycles. The Morgan fingerprint density at radius 2 is 1.73 bits per heavy atom. The van der Waals surface area contributed by atoms with Crippen LogP contribution >= 0.6 is 12.6 Å². The normalized spacial score (nSPS) is 12.3. The van der Waals surface area contributed by atoms with E-state index in [-0.39, 0.29) is 32.0 Å². The number of carbonyl (C=O) groups is 3. The van der Waals surface area contributed by atoms with Gasteiger partial charge in [0.2, 0.25) is 0 Å². The molecule has 2 aromatic rings. The van der Waals surface area contributed by atoms with Gasteiger partial charge in [0.05, 0.1) is 19.0 Å². The van der Waals surface area contributed by atoms with Crippen molar-refractivity contribution in [3.8, 4) is 5.75 Å². The molecule has 0 heterocycles. The maximum atomic E-state index is 12.6. The predicted octanol–water partition coefficient (Wildman–Crippen LogP) is 2.54. The van der Waals surface area contributed by atoms with Crippen LogP contribution in [-0.2, 0) is 19.0 Å². The van der Waals surface area contributed by atoms with E-state index in [1.165, 1.54) is 7.11 Å². The van der Waals surface area contributed by atoms with Gasteiger partial charge in [-0.15, -0.1) is 0 Å². The van der Waals surface area contributed by atoms with E-state index in [0.29, 0.717) is 16.9 Å². The SMILES string of the molecule is CO[C@@H](CCOC(=O)CS)[C@@H](OC(=O)NC(=O)c1ccccc1)c1ccccc1OCCO. The summed E-state index contributed by atoms with van der Waals surface area (Å²) in [5.41, 5.74) is 0.750. The molecule has 178 valence electrons. The van der Waals surface area contributed by atoms with Gasteiger partial charge in [-0.25, -0.2) is 4.79 Å². The van der Waals surface area contributed by atoms with E-state index >= 15 is 0 Å². The zero-order chi connectivity index (χ0) is 24.1. The first-order valence-corrected chi connectivity index (χ1v) is 10.8. The molecule has 0 aliphatic rings. The third-order valence-electron chi connectivity index (χ3n) is 4.49. The zero-order valence-corrected chi connectivity index (χ0v) is 19.0. The molecule has 2 amide bonds. The number of carbonyl (C=O) groups excluding carboxylic acids is 3. The third kappa shape index (κ3) is 8.41. The first kappa shape index (κ1) is 26.2. The van der Waals surface area contributed by atoms with Crippen molar-refractivity contribution in [2.24, 2.45) is 0 Å². The Hall–Kier alpha value is -3.08. The van der Waals surface area contributed by atoms with Crippen LogP contribution in [0, 0.1) is 0 Å². The van der Waals surface area contributed by atoms with Gasteiger partial charge in [0.25, 0.3) is 5.91 Å². The molecular weight excluding hydrogens is 450 g/mol. The molecule has 0 radical (unpaired) electrons. The highest BCUT2D eigenvalue weighted by atomic mass is 32.1. The van der Waals surface area contributed by atoms with Crippen molar-refractivity contribution < 1.29 is 38.4 Å². The van der Waals surface area contributed by atoms with Crippen molar-refractivity contribution in [3.05, 3.63) is 65.7 Å². The molecule has 33 heavy (non-hydrogen) atoms. The smallest absolute Gasteiger partial charge is 0.414 e. The highest BCUT2D eigenvalue weighted by molar-refractivity contribution is 7.81. The number of aliphatic hydroxyl groups excluding tert-OH is 1. The second-order valence-electron chi connectivity index (χ2n) is 6.70. The molecular formula is C23H27NO8S. The summed E-state index contributed by atoms with van der Waals surface area (Å²) in [5, 5.41) is 11.3. The lowest BCUT2D eigenvalue weighted by molar-refractivity contribution is -0.141. The molecule has 10 heteroatoms. The van der Waals surface area contributed by atoms with E-state index in [1.54, 1.807) is 54.6 Å². The summed E-state index contributed by atoms with van der Waals surface area (Å²) >= 11 is 3.86. The lowest BCUT2D eigenvalue weighted by Crippen LogP contribution is -2.35. The molecule has 0 saturated heterocycles. The largest absolute Gasteiger partial charge is 0.491 e. The Labute approximate surface area is 197 Å². The van der Waals surface area contributed by atoms with Gasteiger partial charge in [0.1, 0.15) is 18.5 Å². The number of alkyl carbamates (subject to hydrolysis) is 1. The van der Waals surface area contributed by atoms with Crippen LogP contribution in [0.3, 0.4) is 0 Å². The third-order valence-corrected chi connectivity index (χ3v) is 4.75. The second kappa shape index (κ2) is 14.1. The number of esters is 1. The molecule has 0 spiro atoms. The van der Waals surface area contributed by atoms with Crippen LogP contribution in [0.15, 0.2) is 54.6 Å². The topological polar surface area (TPSA) is 120 Å². The fourth-order valence-corrected chi connectivity index (χ4v) is 3.06. The lowest BCUT2D eigenvalue weighted by Gasteiger charge is -2.27. The summed E-state index contributed by atoms with van der Waals surface area (Å²) in [6, 6.07) is 15.0. The minimum atomic E-state index is -1.01. The monoisotopic (exact) mass is 477 g/mol. The summed E-state index contributed by atoms with van der Waals surface area (Å²) in [4.78, 5) is 36.4. The number of rotatable bonds is 12. The number of hydrogen-bond acceptors (Lipinski definition) is 9. The molecule has 9 nitrogen and oxygen atoms in total. The molecule has 0 aliphatic carbocycles. The predicted molar refractivity (Wildman–Crippen MR) is 122 cm³/mol. The van der Waals surface area contributed by atoms with Crippen molar-refractivity contribution in [1.82, 2.24) is 5.32 Å². The van der Waals surface area contributed by atoms with E-state index < -0.39 is 30.2 Å². The van der Waals surface area contributed by atoms with E-state index in [2.05, 4.69) is 17.9 Å². The van der Waals surface area contributed by atoms with Crippen LogP contribution in [0.25, 0.3) is 0 Å². The first-order valence-electron chi connectivity index (χ1n) is 10.2. The number of thiol groups is 1. The number of amides is 2. The maximum absolute atomic E-state index is 12.6. The van der Waals surface area contributed by atoms with E-state index in [9.17, 15) is 14.4 Å². The van der Waals surface area contributed by atoms with Gasteiger partial charge < -0.3 is 24.1 Å². The molecule has 0 fully saturated rings. The van der Waals surface area contributed by atoms with Gasteiger partial charge in [-0.3, -0.25) is 14.9 Å². The van der Waals surface area contributed by atoms with Crippen LogP contribution in [0.2, 0.25) is 0 Å². The highest BCUT2D eigenvalue weighted by Gasteiger charge is 2.30. The van der Waals surface area contributed by atoms with Gasteiger partial charge >= 0.3 is 12.1 Å². The molecule has 2 aromatic carbocycles. The number of para-hydroxylation sites is 1. The quantitative estimate of drug-likeness (QED) is 0.315. The summed E-state index contributed by atoms with van der Waals surface area (Å²) in [6.07, 6.45) is -2.55. The molecule has 2 atom stereocenters. The van der Waals surface area contributed by atoms with Crippen molar-refractivity contribution >= 4 is 30.6 Å². The summed E-state index contributed by atoms with van der Waals surface area (Å²) in [6.45, 7) is -0.180. The number of aliphatic hydroxyl groups is 1. The number of imide groups is 1. The second-order valence-corrected chi connectivity index (χ2v) is 7.01. The van der Waals surface area contributed by atoms with Crippen LogP contribution < -0.4 is 10.1 Å². The van der Waals surface area contributed by atoms with Gasteiger partial charge in [0, 0.05) is 24.7 Å². The number of methoxy groups -OCH3 is 1. The fraction of sp³-hybridized carbons (Fsp3) is 0.348. The number of hydrogen-bond donors (Lipinski definition) is 3. The molecule has 0 aliphatic heterocycles. The molecule has 0 unspecified atom stereocenters. The Balaban J connectivity index is 2.23. The van der Waals surface area contributed by atoms with Gasteiger partial charge in [-0.05, 0) is 18.2 Å². The van der Waals surface area contributed by atoms with E-state index in [4.69, 9.17) is 24.1 Å². The minimum absolute atomic E-state index is 0.00197. The molecule has 0 saturated carbocycles. The van der Waals surface area contributed by atoms with Crippen molar-refractivity contribution in [3.63, 3.8) is 0 Å². The average molecular weight is 478 g/mol. The highest BCUT2D eigenvalue weighted by Crippen LogP contribution is 2.33. The summed E-state index contributed by atoms with van der Waals surface area (Å²) in [7, 11) is 1.42. The van der Waals surface area contributed by atoms with Gasteiger partial charge in [-0.2, -0.15) is 12.6 Å². The summed E-state index contributed by atoms with van der Waals surface area (Å²) in [5.74, 6) is -0.822. The Kier molecular flexibility index (Phi) is 11.2. The Morgan fingerprint density at radius 1 is 1.03 bits per heavy atom. The Morgan fingerprint density at radius 3 is 2.39 bits per heavy atom. The van der Waals surface area contributed by atoms with Crippen LogP contribution in [0.1, 0.15) is 28.4 Å². The van der Waals surface area contributed by atoms with Gasteiger partial charge in [-0.1, -0.05) is 36.4 Å². The zero-order valence-electron chi connectivity index (χ0n) is 18.1. The maximum Gasteiger partial charge on any atom is 0.414 e. The first-order chi connectivity index (χ1) is 16.0.